The van der Waals surface area contributed by atoms with E-state index < -0.39 is 0 Å². The summed E-state index contributed by atoms with van der Waals surface area (Å²) in [6.07, 6.45) is 3.15. The lowest BCUT2D eigenvalue weighted by Gasteiger charge is -2.05. The minimum absolute atomic E-state index is 0.00847. The Kier molecular flexibility index (Phi) is 3.95. The minimum atomic E-state index is 0.00847. The minimum Gasteiger partial charge on any atom is -0.294 e. The molecule has 0 saturated carbocycles. The van der Waals surface area contributed by atoms with Gasteiger partial charge in [0.15, 0.2) is 0 Å². The maximum atomic E-state index is 11.8. The number of halogens is 2. The standard InChI is InChI=1S/C11H8I2N2O/c12-9-3-1-8(2-4-9)6-15-7-14-5-10(13)11(15)16/h1-5,7H,6H2. The number of benzene rings is 1. The summed E-state index contributed by atoms with van der Waals surface area (Å²) >= 11 is 4.26. The molecule has 2 aromatic rings. The molecule has 16 heavy (non-hydrogen) atoms. The van der Waals surface area contributed by atoms with Crippen LogP contribution in [0.15, 0.2) is 41.6 Å². The molecule has 0 radical (unpaired) electrons. The third-order valence-electron chi connectivity index (χ3n) is 2.13. The third kappa shape index (κ3) is 2.82. The maximum Gasteiger partial charge on any atom is 0.267 e. The number of nitrogens with zero attached hydrogens (tertiary/aromatic N) is 2. The second-order valence-electron chi connectivity index (χ2n) is 3.30. The van der Waals surface area contributed by atoms with Crippen LogP contribution in [-0.2, 0) is 6.54 Å². The molecule has 5 heteroatoms. The zero-order chi connectivity index (χ0) is 11.5. The first-order chi connectivity index (χ1) is 7.66. The Bertz CT molecular complexity index is 549. The van der Waals surface area contributed by atoms with Crippen molar-refractivity contribution in [2.75, 3.05) is 0 Å². The first-order valence-electron chi connectivity index (χ1n) is 4.61. The van der Waals surface area contributed by atoms with Crippen molar-refractivity contribution in [1.82, 2.24) is 9.55 Å². The Balaban J connectivity index is 2.31. The zero-order valence-electron chi connectivity index (χ0n) is 8.23. The van der Waals surface area contributed by atoms with Crippen molar-refractivity contribution >= 4 is 45.2 Å². The van der Waals surface area contributed by atoms with Gasteiger partial charge in [0, 0.05) is 9.77 Å². The molecule has 1 aromatic carbocycles. The van der Waals surface area contributed by atoms with Crippen LogP contribution >= 0.6 is 45.2 Å². The Labute approximate surface area is 120 Å². The zero-order valence-corrected chi connectivity index (χ0v) is 12.5. The molecule has 0 amide bonds. The average Bonchev–Trinajstić information content (AvgIpc) is 2.28. The van der Waals surface area contributed by atoms with E-state index in [4.69, 9.17) is 0 Å². The molecule has 2 rings (SSSR count). The summed E-state index contributed by atoms with van der Waals surface area (Å²) in [6, 6.07) is 8.10. The van der Waals surface area contributed by atoms with Crippen LogP contribution in [0.5, 0.6) is 0 Å². The van der Waals surface area contributed by atoms with Crippen molar-refractivity contribution in [3.8, 4) is 0 Å². The number of hydrogen-bond acceptors (Lipinski definition) is 2. The lowest BCUT2D eigenvalue weighted by Crippen LogP contribution is -2.22. The fourth-order valence-corrected chi connectivity index (χ4v) is 2.15. The van der Waals surface area contributed by atoms with E-state index in [0.29, 0.717) is 10.1 Å². The Morgan fingerprint density at radius 2 is 1.88 bits per heavy atom. The molecular formula is C11H8I2N2O. The van der Waals surface area contributed by atoms with E-state index in [0.717, 1.165) is 5.56 Å². The van der Waals surface area contributed by atoms with E-state index in [1.165, 1.54) is 3.57 Å². The van der Waals surface area contributed by atoms with Crippen LogP contribution in [0.25, 0.3) is 0 Å². The molecule has 0 spiro atoms. The second kappa shape index (κ2) is 5.26. The van der Waals surface area contributed by atoms with Crippen molar-refractivity contribution in [2.24, 2.45) is 0 Å². The lowest BCUT2D eigenvalue weighted by atomic mass is 10.2. The summed E-state index contributed by atoms with van der Waals surface area (Å²) in [5.74, 6) is 0. The van der Waals surface area contributed by atoms with Crippen LogP contribution < -0.4 is 5.56 Å². The normalized spacial score (nSPS) is 10.4. The monoisotopic (exact) mass is 438 g/mol. The van der Waals surface area contributed by atoms with Crippen LogP contribution in [0.1, 0.15) is 5.56 Å². The van der Waals surface area contributed by atoms with Crippen molar-refractivity contribution in [3.05, 3.63) is 59.8 Å². The third-order valence-corrected chi connectivity index (χ3v) is 3.58. The van der Waals surface area contributed by atoms with Gasteiger partial charge in [0.25, 0.3) is 5.56 Å². The molecule has 1 heterocycles. The highest BCUT2D eigenvalue weighted by atomic mass is 127. The number of aromatic nitrogens is 2. The van der Waals surface area contributed by atoms with Crippen LogP contribution in [0.2, 0.25) is 0 Å². The van der Waals surface area contributed by atoms with Gasteiger partial charge in [-0.05, 0) is 62.9 Å². The Hall–Kier alpha value is -0.440. The van der Waals surface area contributed by atoms with Crippen LogP contribution in [0.3, 0.4) is 0 Å². The van der Waals surface area contributed by atoms with Crippen molar-refractivity contribution in [3.63, 3.8) is 0 Å². The fraction of sp³-hybridized carbons (Fsp3) is 0.0909. The summed E-state index contributed by atoms with van der Waals surface area (Å²) in [7, 11) is 0. The smallest absolute Gasteiger partial charge is 0.267 e. The molecule has 0 aliphatic carbocycles. The van der Waals surface area contributed by atoms with Gasteiger partial charge in [-0.3, -0.25) is 9.36 Å². The predicted octanol–water partition coefficient (Wildman–Crippen LogP) is 2.50. The van der Waals surface area contributed by atoms with E-state index in [2.05, 4.69) is 27.6 Å². The molecule has 0 fully saturated rings. The summed E-state index contributed by atoms with van der Waals surface area (Å²) < 4.78 is 3.45. The fourth-order valence-electron chi connectivity index (χ4n) is 1.32. The largest absolute Gasteiger partial charge is 0.294 e. The van der Waals surface area contributed by atoms with E-state index >= 15 is 0 Å². The molecule has 0 unspecified atom stereocenters. The van der Waals surface area contributed by atoms with E-state index in [1.807, 2.05) is 46.9 Å². The lowest BCUT2D eigenvalue weighted by molar-refractivity contribution is 0.730. The molecule has 0 N–H and O–H groups in total. The summed E-state index contributed by atoms with van der Waals surface area (Å²) in [4.78, 5) is 15.8. The predicted molar refractivity (Wildman–Crippen MR) is 79.5 cm³/mol. The van der Waals surface area contributed by atoms with E-state index in [1.54, 1.807) is 17.1 Å². The molecule has 3 nitrogen and oxygen atoms in total. The number of hydrogen-bond donors (Lipinski definition) is 0. The molecule has 0 bridgehead atoms. The molecule has 0 aliphatic rings. The second-order valence-corrected chi connectivity index (χ2v) is 5.71. The topological polar surface area (TPSA) is 34.9 Å². The van der Waals surface area contributed by atoms with Crippen LogP contribution in [0, 0.1) is 7.14 Å². The van der Waals surface area contributed by atoms with Gasteiger partial charge in [0.2, 0.25) is 0 Å². The molecule has 82 valence electrons. The van der Waals surface area contributed by atoms with E-state index in [-0.39, 0.29) is 5.56 Å². The number of rotatable bonds is 2. The summed E-state index contributed by atoms with van der Waals surface area (Å²) in [5, 5.41) is 0. The first kappa shape index (κ1) is 12.0. The first-order valence-corrected chi connectivity index (χ1v) is 6.77. The molecular weight excluding hydrogens is 430 g/mol. The van der Waals surface area contributed by atoms with Gasteiger partial charge in [-0.15, -0.1) is 0 Å². The summed E-state index contributed by atoms with van der Waals surface area (Å²) in [5.41, 5.74) is 1.11. The van der Waals surface area contributed by atoms with Gasteiger partial charge in [-0.2, -0.15) is 0 Å². The highest BCUT2D eigenvalue weighted by molar-refractivity contribution is 14.1. The Morgan fingerprint density at radius 1 is 1.19 bits per heavy atom. The average molecular weight is 438 g/mol. The van der Waals surface area contributed by atoms with Crippen molar-refractivity contribution in [1.29, 1.82) is 0 Å². The van der Waals surface area contributed by atoms with Gasteiger partial charge in [0.05, 0.1) is 16.4 Å². The van der Waals surface area contributed by atoms with Gasteiger partial charge in [-0.1, -0.05) is 12.1 Å². The van der Waals surface area contributed by atoms with Crippen molar-refractivity contribution < 1.29 is 0 Å². The quantitative estimate of drug-likeness (QED) is 0.676. The van der Waals surface area contributed by atoms with Gasteiger partial charge >= 0.3 is 0 Å². The van der Waals surface area contributed by atoms with E-state index in [9.17, 15) is 4.79 Å². The molecule has 0 saturated heterocycles. The Morgan fingerprint density at radius 3 is 2.56 bits per heavy atom. The molecule has 1 aromatic heterocycles. The van der Waals surface area contributed by atoms with Crippen LogP contribution in [-0.4, -0.2) is 9.55 Å². The summed E-state index contributed by atoms with van der Waals surface area (Å²) in [6.45, 7) is 0.569. The highest BCUT2D eigenvalue weighted by Crippen LogP contribution is 2.07. The van der Waals surface area contributed by atoms with Gasteiger partial charge in [0.1, 0.15) is 0 Å². The maximum absolute atomic E-state index is 11.8. The van der Waals surface area contributed by atoms with Gasteiger partial charge in [-0.25, -0.2) is 4.98 Å². The molecule has 0 atom stereocenters. The van der Waals surface area contributed by atoms with Crippen molar-refractivity contribution in [2.45, 2.75) is 6.54 Å². The SMILES string of the molecule is O=c1c(I)cncn1Cc1ccc(I)cc1. The van der Waals surface area contributed by atoms with Crippen LogP contribution in [0.4, 0.5) is 0 Å². The molecule has 0 aliphatic heterocycles. The highest BCUT2D eigenvalue weighted by Gasteiger charge is 2.01. The van der Waals surface area contributed by atoms with Gasteiger partial charge < -0.3 is 0 Å².